The Labute approximate surface area is 185 Å². The zero-order valence-corrected chi connectivity index (χ0v) is 18.4. The fourth-order valence-electron chi connectivity index (χ4n) is 4.93. The van der Waals surface area contributed by atoms with Crippen molar-refractivity contribution in [3.63, 3.8) is 0 Å². The van der Waals surface area contributed by atoms with Crippen LogP contribution in [-0.4, -0.2) is 25.0 Å². The van der Waals surface area contributed by atoms with Gasteiger partial charge in [-0.25, -0.2) is 4.79 Å². The van der Waals surface area contributed by atoms with Crippen molar-refractivity contribution < 1.29 is 19.0 Å². The average molecular weight is 434 g/mol. The maximum atomic E-state index is 12.4. The van der Waals surface area contributed by atoms with Crippen molar-refractivity contribution in [1.82, 2.24) is 5.43 Å². The second-order valence-electron chi connectivity index (χ2n) is 8.40. The third-order valence-corrected chi connectivity index (χ3v) is 6.53. The molecule has 2 N–H and O–H groups in total. The SMILES string of the molecule is COc1ccc([C@H]2CC(c3c(C)cc4oc(=O)c5c(c4c3O)CCCC5)=NN2)cc1OC. The molecule has 0 saturated heterocycles. The van der Waals surface area contributed by atoms with Crippen LogP contribution >= 0.6 is 0 Å². The summed E-state index contributed by atoms with van der Waals surface area (Å²) in [4.78, 5) is 12.4. The van der Waals surface area contributed by atoms with E-state index in [1.807, 2.05) is 31.2 Å². The highest BCUT2D eigenvalue weighted by Crippen LogP contribution is 2.40. The molecule has 0 saturated carbocycles. The van der Waals surface area contributed by atoms with Crippen molar-refractivity contribution >= 4 is 16.7 Å². The van der Waals surface area contributed by atoms with Crippen LogP contribution in [0.2, 0.25) is 0 Å². The van der Waals surface area contributed by atoms with Crippen LogP contribution in [0.5, 0.6) is 17.2 Å². The number of aryl methyl sites for hydroxylation is 2. The lowest BCUT2D eigenvalue weighted by Gasteiger charge is -2.19. The molecular weight excluding hydrogens is 408 g/mol. The highest BCUT2D eigenvalue weighted by atomic mass is 16.5. The number of fused-ring (bicyclic) bond motifs is 3. The molecule has 0 radical (unpaired) electrons. The fourth-order valence-corrected chi connectivity index (χ4v) is 4.93. The molecule has 1 aromatic heterocycles. The highest BCUT2D eigenvalue weighted by molar-refractivity contribution is 6.09. The molecule has 0 amide bonds. The molecule has 1 aliphatic heterocycles. The van der Waals surface area contributed by atoms with E-state index < -0.39 is 0 Å². The van der Waals surface area contributed by atoms with Gasteiger partial charge in [0.15, 0.2) is 11.5 Å². The van der Waals surface area contributed by atoms with Crippen LogP contribution in [0, 0.1) is 6.92 Å². The minimum absolute atomic E-state index is 0.0538. The van der Waals surface area contributed by atoms with Gasteiger partial charge < -0.3 is 24.4 Å². The number of methoxy groups -OCH3 is 2. The Hall–Kier alpha value is -3.48. The molecule has 2 aliphatic rings. The number of phenolic OH excluding ortho intramolecular Hbond substituents is 1. The number of hydrogen-bond donors (Lipinski definition) is 2. The van der Waals surface area contributed by atoms with E-state index in [-0.39, 0.29) is 17.4 Å². The van der Waals surface area contributed by atoms with Gasteiger partial charge in [-0.05, 0) is 67.5 Å². The summed E-state index contributed by atoms with van der Waals surface area (Å²) in [5, 5.41) is 16.6. The van der Waals surface area contributed by atoms with E-state index in [0.717, 1.165) is 41.7 Å². The number of phenols is 1. The molecule has 0 unspecified atom stereocenters. The lowest BCUT2D eigenvalue weighted by molar-refractivity contribution is 0.354. The summed E-state index contributed by atoms with van der Waals surface area (Å²) >= 11 is 0. The van der Waals surface area contributed by atoms with Gasteiger partial charge in [-0.3, -0.25) is 0 Å². The molecule has 0 bridgehead atoms. The number of rotatable bonds is 4. The second-order valence-corrected chi connectivity index (χ2v) is 8.40. The fraction of sp³-hybridized carbons (Fsp3) is 0.360. The van der Waals surface area contributed by atoms with Crippen molar-refractivity contribution in [2.75, 3.05) is 14.2 Å². The van der Waals surface area contributed by atoms with Crippen LogP contribution in [0.1, 0.15) is 53.1 Å². The molecule has 0 fully saturated rings. The number of nitrogens with one attached hydrogen (secondary N) is 1. The zero-order chi connectivity index (χ0) is 22.4. The molecule has 1 atom stereocenters. The molecule has 7 nitrogen and oxygen atoms in total. The van der Waals surface area contributed by atoms with Crippen molar-refractivity contribution in [1.29, 1.82) is 0 Å². The Morgan fingerprint density at radius 3 is 2.59 bits per heavy atom. The van der Waals surface area contributed by atoms with Crippen molar-refractivity contribution in [3.8, 4) is 17.2 Å². The summed E-state index contributed by atoms with van der Waals surface area (Å²) in [5.74, 6) is 1.48. The second kappa shape index (κ2) is 7.89. The summed E-state index contributed by atoms with van der Waals surface area (Å²) in [6.07, 6.45) is 4.03. The molecule has 5 rings (SSSR count). The molecule has 32 heavy (non-hydrogen) atoms. The highest BCUT2D eigenvalue weighted by Gasteiger charge is 2.28. The summed E-state index contributed by atoms with van der Waals surface area (Å²) in [6.45, 7) is 1.90. The van der Waals surface area contributed by atoms with Gasteiger partial charge in [-0.2, -0.15) is 5.10 Å². The van der Waals surface area contributed by atoms with Crippen LogP contribution < -0.4 is 20.5 Å². The van der Waals surface area contributed by atoms with Gasteiger partial charge in [0.25, 0.3) is 0 Å². The van der Waals surface area contributed by atoms with Crippen LogP contribution in [0.15, 0.2) is 38.6 Å². The normalized spacial score (nSPS) is 17.6. The van der Waals surface area contributed by atoms with Gasteiger partial charge in [-0.15, -0.1) is 0 Å². The van der Waals surface area contributed by atoms with Gasteiger partial charge in [0, 0.05) is 17.5 Å². The number of ether oxygens (including phenoxy) is 2. The molecule has 166 valence electrons. The molecular formula is C25H26N2O5. The minimum Gasteiger partial charge on any atom is -0.506 e. The van der Waals surface area contributed by atoms with Crippen molar-refractivity contribution in [3.05, 3.63) is 62.5 Å². The lowest BCUT2D eigenvalue weighted by atomic mass is 9.87. The molecule has 2 heterocycles. The zero-order valence-electron chi connectivity index (χ0n) is 18.4. The van der Waals surface area contributed by atoms with Crippen LogP contribution in [-0.2, 0) is 12.8 Å². The van der Waals surface area contributed by atoms with E-state index in [1.165, 1.54) is 0 Å². The van der Waals surface area contributed by atoms with E-state index in [2.05, 4.69) is 10.5 Å². The Morgan fingerprint density at radius 2 is 1.84 bits per heavy atom. The Balaban J connectivity index is 1.55. The monoisotopic (exact) mass is 434 g/mol. The number of hydrazone groups is 1. The maximum Gasteiger partial charge on any atom is 0.339 e. The molecule has 3 aromatic rings. The predicted octanol–water partition coefficient (Wildman–Crippen LogP) is 4.14. The number of hydrogen-bond acceptors (Lipinski definition) is 7. The standard InChI is InChI=1S/C25H26N2O5/c1-13-10-21-23(15-6-4-5-7-16(15)25(29)32-21)24(28)22(13)18-12-17(26-27-18)14-8-9-19(30-2)20(11-14)31-3/h8-11,17,26,28H,4-7,12H2,1-3H3/t17-/m1/s1. The van der Waals surface area contributed by atoms with Crippen LogP contribution in [0.3, 0.4) is 0 Å². The summed E-state index contributed by atoms with van der Waals surface area (Å²) in [5.41, 5.74) is 8.28. The third kappa shape index (κ3) is 3.20. The van der Waals surface area contributed by atoms with Gasteiger partial charge in [0.05, 0.1) is 31.4 Å². The maximum absolute atomic E-state index is 12.4. The first-order valence-corrected chi connectivity index (χ1v) is 10.9. The number of nitrogens with zero attached hydrogens (tertiary/aromatic N) is 1. The Bertz CT molecular complexity index is 1310. The number of benzene rings is 2. The summed E-state index contributed by atoms with van der Waals surface area (Å²) < 4.78 is 16.3. The van der Waals surface area contributed by atoms with Gasteiger partial charge >= 0.3 is 5.63 Å². The minimum atomic E-state index is -0.285. The summed E-state index contributed by atoms with van der Waals surface area (Å²) in [7, 11) is 3.22. The first kappa shape index (κ1) is 20.4. The Kier molecular flexibility index (Phi) is 5.04. The molecule has 0 spiro atoms. The van der Waals surface area contributed by atoms with Gasteiger partial charge in [0.2, 0.25) is 0 Å². The molecule has 1 aliphatic carbocycles. The smallest absolute Gasteiger partial charge is 0.339 e. The largest absolute Gasteiger partial charge is 0.506 e. The van der Waals surface area contributed by atoms with E-state index in [0.29, 0.717) is 46.4 Å². The van der Waals surface area contributed by atoms with Crippen molar-refractivity contribution in [2.45, 2.75) is 45.1 Å². The molecule has 2 aromatic carbocycles. The van der Waals surface area contributed by atoms with E-state index in [1.54, 1.807) is 14.2 Å². The molecule has 7 heteroatoms. The first-order valence-electron chi connectivity index (χ1n) is 10.9. The van der Waals surface area contributed by atoms with Gasteiger partial charge in [-0.1, -0.05) is 6.07 Å². The predicted molar refractivity (Wildman–Crippen MR) is 122 cm³/mol. The topological polar surface area (TPSA) is 93.3 Å². The van der Waals surface area contributed by atoms with Gasteiger partial charge in [0.1, 0.15) is 11.3 Å². The average Bonchev–Trinajstić information content (AvgIpc) is 3.28. The van der Waals surface area contributed by atoms with E-state index >= 15 is 0 Å². The number of aromatic hydroxyl groups is 1. The van der Waals surface area contributed by atoms with Crippen LogP contribution in [0.4, 0.5) is 0 Å². The third-order valence-electron chi connectivity index (χ3n) is 6.53. The quantitative estimate of drug-likeness (QED) is 0.600. The lowest BCUT2D eigenvalue weighted by Crippen LogP contribution is -2.16. The van der Waals surface area contributed by atoms with E-state index in [4.69, 9.17) is 13.9 Å². The van der Waals surface area contributed by atoms with E-state index in [9.17, 15) is 9.90 Å². The Morgan fingerprint density at radius 1 is 1.09 bits per heavy atom. The first-order chi connectivity index (χ1) is 15.5. The van der Waals surface area contributed by atoms with Crippen molar-refractivity contribution in [2.24, 2.45) is 5.10 Å². The van der Waals surface area contributed by atoms with Crippen LogP contribution in [0.25, 0.3) is 11.0 Å². The summed E-state index contributed by atoms with van der Waals surface area (Å²) in [6, 6.07) is 7.58.